The summed E-state index contributed by atoms with van der Waals surface area (Å²) in [5.41, 5.74) is 4.46. The summed E-state index contributed by atoms with van der Waals surface area (Å²) in [4.78, 5) is 11.7. The standard InChI is InChI=1S/C17H16N2O4/c1-12-4-2-3-5-13(12)9-18-19-17(20)10-21-14-6-7-15-16(8-14)23-11-22-15/h2-9H,10-11H2,1H3,(H,19,20)/b18-9+. The fourth-order valence-electron chi connectivity index (χ4n) is 2.05. The summed E-state index contributed by atoms with van der Waals surface area (Å²) in [6, 6.07) is 12.9. The van der Waals surface area contributed by atoms with Crippen molar-refractivity contribution in [3.63, 3.8) is 0 Å². The van der Waals surface area contributed by atoms with E-state index in [9.17, 15) is 4.79 Å². The molecule has 6 heteroatoms. The van der Waals surface area contributed by atoms with E-state index in [2.05, 4.69) is 10.5 Å². The van der Waals surface area contributed by atoms with Crippen LogP contribution in [0.3, 0.4) is 0 Å². The van der Waals surface area contributed by atoms with Gasteiger partial charge in [-0.1, -0.05) is 24.3 Å². The third-order valence-electron chi connectivity index (χ3n) is 3.30. The molecular weight excluding hydrogens is 296 g/mol. The largest absolute Gasteiger partial charge is 0.484 e. The van der Waals surface area contributed by atoms with Crippen LogP contribution in [0.25, 0.3) is 0 Å². The van der Waals surface area contributed by atoms with E-state index < -0.39 is 0 Å². The number of carbonyl (C=O) groups is 1. The molecule has 3 rings (SSSR count). The van der Waals surface area contributed by atoms with Crippen LogP contribution in [0, 0.1) is 6.92 Å². The van der Waals surface area contributed by atoms with Crippen LogP contribution in [0.15, 0.2) is 47.6 Å². The molecule has 0 radical (unpaired) electrons. The van der Waals surface area contributed by atoms with Crippen LogP contribution in [-0.4, -0.2) is 25.5 Å². The highest BCUT2D eigenvalue weighted by Gasteiger charge is 2.14. The van der Waals surface area contributed by atoms with Gasteiger partial charge in [0.2, 0.25) is 6.79 Å². The number of hydrogen-bond acceptors (Lipinski definition) is 5. The van der Waals surface area contributed by atoms with E-state index in [-0.39, 0.29) is 19.3 Å². The predicted octanol–water partition coefficient (Wildman–Crippen LogP) is 2.25. The molecule has 1 amide bonds. The Balaban J connectivity index is 1.49. The zero-order valence-electron chi connectivity index (χ0n) is 12.6. The Morgan fingerprint density at radius 3 is 2.96 bits per heavy atom. The van der Waals surface area contributed by atoms with Gasteiger partial charge in [0.05, 0.1) is 6.21 Å². The van der Waals surface area contributed by atoms with Crippen molar-refractivity contribution in [3.8, 4) is 17.2 Å². The number of fused-ring (bicyclic) bond motifs is 1. The summed E-state index contributed by atoms with van der Waals surface area (Å²) in [5.74, 6) is 1.48. The zero-order chi connectivity index (χ0) is 16.1. The lowest BCUT2D eigenvalue weighted by atomic mass is 10.1. The molecule has 0 atom stereocenters. The van der Waals surface area contributed by atoms with Crippen LogP contribution >= 0.6 is 0 Å². The number of aryl methyl sites for hydroxylation is 1. The highest BCUT2D eigenvalue weighted by molar-refractivity contribution is 5.84. The van der Waals surface area contributed by atoms with Gasteiger partial charge in [-0.2, -0.15) is 5.10 Å². The number of hydrazone groups is 1. The minimum absolute atomic E-state index is 0.134. The maximum atomic E-state index is 11.7. The highest BCUT2D eigenvalue weighted by Crippen LogP contribution is 2.34. The molecule has 118 valence electrons. The second-order valence-electron chi connectivity index (χ2n) is 4.95. The molecule has 0 bridgehead atoms. The van der Waals surface area contributed by atoms with Crippen molar-refractivity contribution in [1.82, 2.24) is 5.43 Å². The number of ether oxygens (including phenoxy) is 3. The van der Waals surface area contributed by atoms with Crippen molar-refractivity contribution in [3.05, 3.63) is 53.6 Å². The quantitative estimate of drug-likeness (QED) is 0.679. The SMILES string of the molecule is Cc1ccccc1/C=N/NC(=O)COc1ccc2c(c1)OCO2. The van der Waals surface area contributed by atoms with Gasteiger partial charge in [-0.25, -0.2) is 5.43 Å². The molecule has 0 unspecified atom stereocenters. The van der Waals surface area contributed by atoms with E-state index in [1.165, 1.54) is 0 Å². The first-order valence-electron chi connectivity index (χ1n) is 7.12. The summed E-state index contributed by atoms with van der Waals surface area (Å²) >= 11 is 0. The molecule has 6 nitrogen and oxygen atoms in total. The molecular formula is C17H16N2O4. The molecule has 1 aliphatic rings. The summed E-state index contributed by atoms with van der Waals surface area (Å²) in [6.45, 7) is 2.05. The lowest BCUT2D eigenvalue weighted by Gasteiger charge is -2.05. The molecule has 2 aromatic rings. The third-order valence-corrected chi connectivity index (χ3v) is 3.30. The Hall–Kier alpha value is -3.02. The van der Waals surface area contributed by atoms with Gasteiger partial charge >= 0.3 is 0 Å². The fourth-order valence-corrected chi connectivity index (χ4v) is 2.05. The summed E-state index contributed by atoms with van der Waals surface area (Å²) in [6.07, 6.45) is 1.60. The Labute approximate surface area is 133 Å². The van der Waals surface area contributed by atoms with Gasteiger partial charge in [0.15, 0.2) is 18.1 Å². The van der Waals surface area contributed by atoms with Gasteiger partial charge in [-0.15, -0.1) is 0 Å². The topological polar surface area (TPSA) is 69.2 Å². The Kier molecular flexibility index (Phi) is 4.42. The van der Waals surface area contributed by atoms with Crippen molar-refractivity contribution in [2.75, 3.05) is 13.4 Å². The molecule has 0 saturated carbocycles. The number of rotatable bonds is 5. The average Bonchev–Trinajstić information content (AvgIpc) is 3.02. The summed E-state index contributed by atoms with van der Waals surface area (Å²) < 4.78 is 15.9. The molecule has 23 heavy (non-hydrogen) atoms. The van der Waals surface area contributed by atoms with Gasteiger partial charge < -0.3 is 14.2 Å². The van der Waals surface area contributed by atoms with Gasteiger partial charge in [-0.05, 0) is 30.2 Å². The van der Waals surface area contributed by atoms with Crippen molar-refractivity contribution in [2.45, 2.75) is 6.92 Å². The minimum atomic E-state index is -0.340. The molecule has 0 spiro atoms. The first kappa shape index (κ1) is 14.9. The second kappa shape index (κ2) is 6.83. The molecule has 1 N–H and O–H groups in total. The van der Waals surface area contributed by atoms with Crippen molar-refractivity contribution >= 4 is 12.1 Å². The molecule has 1 aliphatic heterocycles. The van der Waals surface area contributed by atoms with E-state index in [0.717, 1.165) is 11.1 Å². The van der Waals surface area contributed by atoms with Crippen LogP contribution in [0.2, 0.25) is 0 Å². The van der Waals surface area contributed by atoms with Crippen LogP contribution in [-0.2, 0) is 4.79 Å². The Bertz CT molecular complexity index is 743. The normalized spacial score (nSPS) is 12.4. The summed E-state index contributed by atoms with van der Waals surface area (Å²) in [7, 11) is 0. The molecule has 0 aliphatic carbocycles. The monoisotopic (exact) mass is 312 g/mol. The fraction of sp³-hybridized carbons (Fsp3) is 0.176. The summed E-state index contributed by atoms with van der Waals surface area (Å²) in [5, 5.41) is 3.92. The van der Waals surface area contributed by atoms with Crippen LogP contribution in [0.4, 0.5) is 0 Å². The molecule has 0 aromatic heterocycles. The molecule has 0 fully saturated rings. The highest BCUT2D eigenvalue weighted by atomic mass is 16.7. The van der Waals surface area contributed by atoms with Crippen molar-refractivity contribution in [2.24, 2.45) is 5.10 Å². The van der Waals surface area contributed by atoms with Crippen molar-refractivity contribution in [1.29, 1.82) is 0 Å². The number of amides is 1. The molecule has 0 saturated heterocycles. The van der Waals surface area contributed by atoms with Gasteiger partial charge in [-0.3, -0.25) is 4.79 Å². The third kappa shape index (κ3) is 3.79. The van der Waals surface area contributed by atoms with E-state index in [1.54, 1.807) is 24.4 Å². The van der Waals surface area contributed by atoms with Gasteiger partial charge in [0, 0.05) is 6.07 Å². The predicted molar refractivity (Wildman–Crippen MR) is 85.0 cm³/mol. The van der Waals surface area contributed by atoms with E-state index in [1.807, 2.05) is 31.2 Å². The van der Waals surface area contributed by atoms with Gasteiger partial charge in [0.1, 0.15) is 5.75 Å². The molecule has 2 aromatic carbocycles. The lowest BCUT2D eigenvalue weighted by Crippen LogP contribution is -2.24. The van der Waals surface area contributed by atoms with E-state index in [0.29, 0.717) is 17.2 Å². The smallest absolute Gasteiger partial charge is 0.277 e. The van der Waals surface area contributed by atoms with E-state index >= 15 is 0 Å². The van der Waals surface area contributed by atoms with Crippen LogP contribution in [0.1, 0.15) is 11.1 Å². The minimum Gasteiger partial charge on any atom is -0.484 e. The lowest BCUT2D eigenvalue weighted by molar-refractivity contribution is -0.123. The Morgan fingerprint density at radius 2 is 2.09 bits per heavy atom. The zero-order valence-corrected chi connectivity index (χ0v) is 12.6. The number of hydrogen-bond donors (Lipinski definition) is 1. The average molecular weight is 312 g/mol. The first-order chi connectivity index (χ1) is 11.2. The van der Waals surface area contributed by atoms with Crippen molar-refractivity contribution < 1.29 is 19.0 Å². The number of carbonyl (C=O) groups excluding carboxylic acids is 1. The maximum absolute atomic E-state index is 11.7. The molecule has 1 heterocycles. The van der Waals surface area contributed by atoms with Crippen LogP contribution in [0.5, 0.6) is 17.2 Å². The number of nitrogens with zero attached hydrogens (tertiary/aromatic N) is 1. The Morgan fingerprint density at radius 1 is 1.26 bits per heavy atom. The van der Waals surface area contributed by atoms with E-state index in [4.69, 9.17) is 14.2 Å². The number of benzene rings is 2. The second-order valence-corrected chi connectivity index (χ2v) is 4.95. The van der Waals surface area contributed by atoms with Gasteiger partial charge in [0.25, 0.3) is 5.91 Å². The van der Waals surface area contributed by atoms with Crippen LogP contribution < -0.4 is 19.6 Å². The number of nitrogens with one attached hydrogen (secondary N) is 1. The maximum Gasteiger partial charge on any atom is 0.277 e. The first-order valence-corrected chi connectivity index (χ1v) is 7.12.